The fourth-order valence-electron chi connectivity index (χ4n) is 3.12. The summed E-state index contributed by atoms with van der Waals surface area (Å²) in [5.41, 5.74) is 0.334. The first kappa shape index (κ1) is 17.9. The fourth-order valence-corrected chi connectivity index (χ4v) is 3.12. The van der Waals surface area contributed by atoms with Crippen molar-refractivity contribution in [1.29, 1.82) is 0 Å². The predicted molar refractivity (Wildman–Crippen MR) is 89.3 cm³/mol. The minimum atomic E-state index is -2.97. The Hall–Kier alpha value is -1.89. The van der Waals surface area contributed by atoms with E-state index in [9.17, 15) is 13.6 Å². The lowest BCUT2D eigenvalue weighted by molar-refractivity contribution is -0.0512. The summed E-state index contributed by atoms with van der Waals surface area (Å²) in [7, 11) is 1.37. The highest BCUT2D eigenvalue weighted by Gasteiger charge is 2.27. The number of methoxy groups -OCH3 is 1. The maximum Gasteiger partial charge on any atom is 0.387 e. The molecule has 0 radical (unpaired) electrons. The van der Waals surface area contributed by atoms with E-state index in [0.29, 0.717) is 24.7 Å². The molecule has 1 amide bonds. The van der Waals surface area contributed by atoms with Crippen LogP contribution >= 0.6 is 0 Å². The maximum absolute atomic E-state index is 12.6. The number of hydrogen-bond acceptors (Lipinski definition) is 4. The summed E-state index contributed by atoms with van der Waals surface area (Å²) in [6.45, 7) is -0.561. The summed E-state index contributed by atoms with van der Waals surface area (Å²) in [5, 5.41) is 3.57. The monoisotopic (exact) mass is 354 g/mol. The third-order valence-corrected chi connectivity index (χ3v) is 4.80. The molecule has 5 nitrogen and oxygen atoms in total. The van der Waals surface area contributed by atoms with Crippen molar-refractivity contribution >= 4 is 5.91 Å². The second kappa shape index (κ2) is 7.99. The van der Waals surface area contributed by atoms with E-state index in [0.717, 1.165) is 25.3 Å². The molecule has 0 bridgehead atoms. The van der Waals surface area contributed by atoms with Gasteiger partial charge in [-0.3, -0.25) is 4.79 Å². The van der Waals surface area contributed by atoms with E-state index in [1.807, 2.05) is 0 Å². The number of likely N-dealkylation sites (tertiary alicyclic amines) is 1. The second-order valence-corrected chi connectivity index (χ2v) is 6.66. The van der Waals surface area contributed by atoms with Gasteiger partial charge in [0.2, 0.25) is 0 Å². The first-order valence-corrected chi connectivity index (χ1v) is 8.72. The van der Waals surface area contributed by atoms with Crippen molar-refractivity contribution in [2.45, 2.75) is 38.3 Å². The van der Waals surface area contributed by atoms with E-state index in [2.05, 4.69) is 10.1 Å². The molecule has 1 heterocycles. The number of alkyl halides is 2. The normalized spacial score (nSPS) is 18.5. The van der Waals surface area contributed by atoms with Crippen molar-refractivity contribution in [3.63, 3.8) is 0 Å². The summed E-state index contributed by atoms with van der Waals surface area (Å²) in [5.74, 6) is 0.735. The number of amides is 1. The van der Waals surface area contributed by atoms with Crippen molar-refractivity contribution in [3.8, 4) is 11.5 Å². The van der Waals surface area contributed by atoms with Gasteiger partial charge in [-0.25, -0.2) is 0 Å². The topological polar surface area (TPSA) is 50.8 Å². The van der Waals surface area contributed by atoms with Crippen molar-refractivity contribution < 1.29 is 23.0 Å². The first-order chi connectivity index (χ1) is 12.1. The third-order valence-electron chi connectivity index (χ3n) is 4.80. The smallest absolute Gasteiger partial charge is 0.387 e. The molecule has 3 rings (SSSR count). The molecule has 1 N–H and O–H groups in total. The molecule has 0 spiro atoms. The van der Waals surface area contributed by atoms with Crippen LogP contribution in [0.15, 0.2) is 18.2 Å². The number of carbonyl (C=O) groups excluding carboxylic acids is 1. The van der Waals surface area contributed by atoms with E-state index >= 15 is 0 Å². The van der Waals surface area contributed by atoms with Crippen LogP contribution in [-0.4, -0.2) is 50.2 Å². The first-order valence-electron chi connectivity index (χ1n) is 8.72. The quantitative estimate of drug-likeness (QED) is 0.818. The number of ether oxygens (including phenoxy) is 2. The summed E-state index contributed by atoms with van der Waals surface area (Å²) in [4.78, 5) is 14.4. The van der Waals surface area contributed by atoms with Gasteiger partial charge in [0.25, 0.3) is 5.91 Å². The molecule has 1 aromatic rings. The van der Waals surface area contributed by atoms with E-state index in [-0.39, 0.29) is 17.4 Å². The molecule has 0 atom stereocenters. The summed E-state index contributed by atoms with van der Waals surface area (Å²) in [6.07, 6.45) is 4.47. The van der Waals surface area contributed by atoms with E-state index in [1.165, 1.54) is 32.1 Å². The summed E-state index contributed by atoms with van der Waals surface area (Å²) >= 11 is 0. The summed E-state index contributed by atoms with van der Waals surface area (Å²) < 4.78 is 34.5. The lowest BCUT2D eigenvalue weighted by atomic mass is 10.0. The molecule has 1 aliphatic carbocycles. The zero-order chi connectivity index (χ0) is 17.8. The molecule has 2 fully saturated rings. The van der Waals surface area contributed by atoms with Crippen molar-refractivity contribution in [2.75, 3.05) is 26.7 Å². The molecular formula is C18H24F2N2O3. The van der Waals surface area contributed by atoms with Crippen LogP contribution in [0.3, 0.4) is 0 Å². The Morgan fingerprint density at radius 2 is 1.96 bits per heavy atom. The van der Waals surface area contributed by atoms with Gasteiger partial charge >= 0.3 is 6.61 Å². The van der Waals surface area contributed by atoms with Crippen LogP contribution in [0.4, 0.5) is 8.78 Å². The van der Waals surface area contributed by atoms with Crippen molar-refractivity contribution in [3.05, 3.63) is 23.8 Å². The van der Waals surface area contributed by atoms with Gasteiger partial charge in [-0.1, -0.05) is 0 Å². The second-order valence-electron chi connectivity index (χ2n) is 6.66. The molecule has 7 heteroatoms. The van der Waals surface area contributed by atoms with Gasteiger partial charge in [-0.05, 0) is 56.3 Å². The van der Waals surface area contributed by atoms with Crippen LogP contribution in [0, 0.1) is 5.92 Å². The van der Waals surface area contributed by atoms with Crippen LogP contribution < -0.4 is 14.8 Å². The van der Waals surface area contributed by atoms with Gasteiger partial charge < -0.3 is 19.7 Å². The van der Waals surface area contributed by atoms with Crippen LogP contribution in [0.1, 0.15) is 36.0 Å². The van der Waals surface area contributed by atoms with E-state index in [4.69, 9.17) is 4.74 Å². The average molecular weight is 354 g/mol. The fraction of sp³-hybridized carbons (Fsp3) is 0.611. The van der Waals surface area contributed by atoms with Gasteiger partial charge in [0.15, 0.2) is 11.5 Å². The Kier molecular flexibility index (Phi) is 5.73. The van der Waals surface area contributed by atoms with Crippen LogP contribution in [0.25, 0.3) is 0 Å². The Morgan fingerprint density at radius 3 is 2.56 bits per heavy atom. The minimum absolute atomic E-state index is 0.121. The minimum Gasteiger partial charge on any atom is -0.493 e. The number of nitrogens with zero attached hydrogens (tertiary/aromatic N) is 1. The zero-order valence-corrected chi connectivity index (χ0v) is 14.3. The third kappa shape index (κ3) is 4.81. The molecule has 1 aromatic carbocycles. The Morgan fingerprint density at radius 1 is 1.24 bits per heavy atom. The zero-order valence-electron chi connectivity index (χ0n) is 14.3. The van der Waals surface area contributed by atoms with Gasteiger partial charge in [0.05, 0.1) is 7.11 Å². The highest BCUT2D eigenvalue weighted by atomic mass is 19.3. The van der Waals surface area contributed by atoms with Crippen molar-refractivity contribution in [2.24, 2.45) is 5.92 Å². The predicted octanol–water partition coefficient (Wildman–Crippen LogP) is 2.90. The largest absolute Gasteiger partial charge is 0.493 e. The van der Waals surface area contributed by atoms with Gasteiger partial charge in [0, 0.05) is 24.7 Å². The molecule has 138 valence electrons. The highest BCUT2D eigenvalue weighted by molar-refractivity contribution is 5.95. The maximum atomic E-state index is 12.6. The molecule has 1 aliphatic heterocycles. The van der Waals surface area contributed by atoms with Gasteiger partial charge in [0.1, 0.15) is 0 Å². The molecule has 1 saturated heterocycles. The van der Waals surface area contributed by atoms with Crippen LogP contribution in [0.5, 0.6) is 11.5 Å². The number of hydrogen-bond donors (Lipinski definition) is 1. The molecule has 25 heavy (non-hydrogen) atoms. The lowest BCUT2D eigenvalue weighted by Crippen LogP contribution is -2.45. The molecule has 0 unspecified atom stereocenters. The number of halogens is 2. The average Bonchev–Trinajstić information content (AvgIpc) is 3.43. The van der Waals surface area contributed by atoms with Crippen molar-refractivity contribution in [1.82, 2.24) is 10.2 Å². The van der Waals surface area contributed by atoms with Crippen LogP contribution in [-0.2, 0) is 0 Å². The number of carbonyl (C=O) groups is 1. The molecule has 1 saturated carbocycles. The van der Waals surface area contributed by atoms with E-state index in [1.54, 1.807) is 11.0 Å². The molecule has 0 aromatic heterocycles. The van der Waals surface area contributed by atoms with Crippen LogP contribution in [0.2, 0.25) is 0 Å². The number of nitrogens with one attached hydrogen (secondary N) is 1. The van der Waals surface area contributed by atoms with E-state index < -0.39 is 6.61 Å². The standard InChI is InChI=1S/C18H24F2N2O3/c1-24-15-5-4-13(10-16(15)25-18(19)20)17(23)22-8-6-14(7-9-22)21-11-12-2-3-12/h4-5,10,12,14,18,21H,2-3,6-9,11H2,1H3. The Balaban J connectivity index is 1.58. The lowest BCUT2D eigenvalue weighted by Gasteiger charge is -2.32. The molecular weight excluding hydrogens is 330 g/mol. The highest BCUT2D eigenvalue weighted by Crippen LogP contribution is 2.30. The number of rotatable bonds is 7. The summed E-state index contributed by atoms with van der Waals surface area (Å²) in [6, 6.07) is 4.84. The number of benzene rings is 1. The molecule has 2 aliphatic rings. The Labute approximate surface area is 146 Å². The SMILES string of the molecule is COc1ccc(C(=O)N2CCC(NCC3CC3)CC2)cc1OC(F)F. The van der Waals surface area contributed by atoms with Gasteiger partial charge in [-0.15, -0.1) is 0 Å². The van der Waals surface area contributed by atoms with Gasteiger partial charge in [-0.2, -0.15) is 8.78 Å². The number of piperidine rings is 1. The Bertz CT molecular complexity index is 600.